The lowest BCUT2D eigenvalue weighted by Gasteiger charge is -2.23. The molecule has 1 aromatic heterocycles. The number of ketones is 1. The van der Waals surface area contributed by atoms with E-state index in [0.29, 0.717) is 12.8 Å². The minimum absolute atomic E-state index is 0.369. The van der Waals surface area contributed by atoms with Crippen LogP contribution in [0.3, 0.4) is 0 Å². The van der Waals surface area contributed by atoms with Gasteiger partial charge in [0.05, 0.1) is 6.42 Å². The number of aryl methyl sites for hydroxylation is 1. The molecular weight excluding hydrogens is 268 g/mol. The molecule has 0 fully saturated rings. The summed E-state index contributed by atoms with van der Waals surface area (Å²) in [6.45, 7) is 0. The van der Waals surface area contributed by atoms with Gasteiger partial charge in [0.1, 0.15) is 5.92 Å². The second-order valence-corrected chi connectivity index (χ2v) is 5.70. The molecule has 6 heteroatoms. The first-order valence-electron chi connectivity index (χ1n) is 6.02. The molecule has 1 aliphatic carbocycles. The summed E-state index contributed by atoms with van der Waals surface area (Å²) in [7, 11) is 0. The Labute approximate surface area is 113 Å². The van der Waals surface area contributed by atoms with E-state index < -0.39 is 30.1 Å². The van der Waals surface area contributed by atoms with Crippen LogP contribution >= 0.6 is 11.3 Å². The summed E-state index contributed by atoms with van der Waals surface area (Å²) < 4.78 is 0. The van der Waals surface area contributed by atoms with Crippen molar-refractivity contribution in [1.29, 1.82) is 0 Å². The van der Waals surface area contributed by atoms with Gasteiger partial charge in [-0.15, -0.1) is 11.3 Å². The molecular formula is C13H14O5S. The molecule has 2 N–H and O–H groups in total. The number of carboxylic acids is 2. The first kappa shape index (κ1) is 13.7. The lowest BCUT2D eigenvalue weighted by atomic mass is 9.81. The van der Waals surface area contributed by atoms with Gasteiger partial charge >= 0.3 is 11.9 Å². The quantitative estimate of drug-likeness (QED) is 0.800. The highest BCUT2D eigenvalue weighted by Crippen LogP contribution is 2.31. The first-order valence-corrected chi connectivity index (χ1v) is 6.90. The third kappa shape index (κ3) is 3.01. The Morgan fingerprint density at radius 3 is 2.74 bits per heavy atom. The lowest BCUT2D eigenvalue weighted by Crippen LogP contribution is -2.34. The molecule has 2 rings (SSSR count). The number of carbonyl (C=O) groups excluding carboxylic acids is 1. The molecule has 0 saturated heterocycles. The summed E-state index contributed by atoms with van der Waals surface area (Å²) in [5.41, 5.74) is 1.22. The summed E-state index contributed by atoms with van der Waals surface area (Å²) in [5, 5.41) is 19.6. The number of hydrogen-bond acceptors (Lipinski definition) is 4. The van der Waals surface area contributed by atoms with Crippen LogP contribution in [0.1, 0.15) is 23.3 Å². The maximum Gasteiger partial charge on any atom is 0.314 e. The predicted molar refractivity (Wildman–Crippen MR) is 68.2 cm³/mol. The Morgan fingerprint density at radius 2 is 2.11 bits per heavy atom. The highest BCUT2D eigenvalue weighted by molar-refractivity contribution is 7.10. The maximum atomic E-state index is 12.2. The van der Waals surface area contributed by atoms with Gasteiger partial charge in [0.15, 0.2) is 5.78 Å². The van der Waals surface area contributed by atoms with Gasteiger partial charge in [-0.05, 0) is 36.3 Å². The van der Waals surface area contributed by atoms with Crippen LogP contribution in [0.4, 0.5) is 0 Å². The van der Waals surface area contributed by atoms with E-state index in [2.05, 4.69) is 0 Å². The van der Waals surface area contributed by atoms with Crippen molar-refractivity contribution in [3.8, 4) is 0 Å². The van der Waals surface area contributed by atoms with Crippen molar-refractivity contribution < 1.29 is 24.6 Å². The molecule has 1 heterocycles. The van der Waals surface area contributed by atoms with Crippen LogP contribution in [0.5, 0.6) is 0 Å². The van der Waals surface area contributed by atoms with Crippen LogP contribution in [-0.2, 0) is 27.2 Å². The minimum atomic E-state index is -1.43. The number of carbonyl (C=O) groups is 3. The van der Waals surface area contributed by atoms with Crippen molar-refractivity contribution in [2.45, 2.75) is 25.7 Å². The van der Waals surface area contributed by atoms with E-state index >= 15 is 0 Å². The molecule has 1 aromatic rings. The number of Topliss-reactive ketones (excluding diaryl/α,β-unsaturated/α-hetero) is 1. The normalized spacial score (nSPS) is 19.5. The topological polar surface area (TPSA) is 91.7 Å². The molecule has 19 heavy (non-hydrogen) atoms. The molecule has 0 aromatic carbocycles. The largest absolute Gasteiger partial charge is 0.481 e. The Balaban J connectivity index is 2.11. The van der Waals surface area contributed by atoms with Gasteiger partial charge in [-0.3, -0.25) is 14.4 Å². The summed E-state index contributed by atoms with van der Waals surface area (Å²) in [4.78, 5) is 35.0. The van der Waals surface area contributed by atoms with E-state index in [9.17, 15) is 14.4 Å². The zero-order valence-corrected chi connectivity index (χ0v) is 11.0. The summed E-state index contributed by atoms with van der Waals surface area (Å²) >= 11 is 1.56. The molecule has 0 aliphatic heterocycles. The first-order chi connectivity index (χ1) is 8.99. The fourth-order valence-corrected chi connectivity index (χ4v) is 3.45. The molecule has 0 radical (unpaired) electrons. The minimum Gasteiger partial charge on any atom is -0.481 e. The average molecular weight is 282 g/mol. The third-order valence-corrected chi connectivity index (χ3v) is 4.44. The average Bonchev–Trinajstić information content (AvgIpc) is 2.81. The number of carboxylic acid groups (broad SMARTS) is 2. The molecule has 0 spiro atoms. The van der Waals surface area contributed by atoms with Crippen LogP contribution in [0.25, 0.3) is 0 Å². The van der Waals surface area contributed by atoms with Crippen molar-refractivity contribution in [1.82, 2.24) is 0 Å². The monoisotopic (exact) mass is 282 g/mol. The van der Waals surface area contributed by atoms with Gasteiger partial charge in [0.2, 0.25) is 0 Å². The highest BCUT2D eigenvalue weighted by atomic mass is 32.1. The Kier molecular flexibility index (Phi) is 3.99. The summed E-state index contributed by atoms with van der Waals surface area (Å²) in [6, 6.07) is 2.02. The number of fused-ring (bicyclic) bond motifs is 1. The van der Waals surface area contributed by atoms with E-state index in [-0.39, 0.29) is 5.92 Å². The van der Waals surface area contributed by atoms with E-state index in [1.807, 2.05) is 11.4 Å². The molecule has 5 nitrogen and oxygen atoms in total. The van der Waals surface area contributed by atoms with Crippen LogP contribution in [0, 0.1) is 11.8 Å². The number of aliphatic carboxylic acids is 2. The fourth-order valence-electron chi connectivity index (χ4n) is 2.44. The summed E-state index contributed by atoms with van der Waals surface area (Å²) in [6.07, 6.45) is 1.26. The zero-order chi connectivity index (χ0) is 14.0. The molecule has 2 unspecified atom stereocenters. The second kappa shape index (κ2) is 5.52. The Bertz CT molecular complexity index is 519. The SMILES string of the molecule is O=C(O)CC(C(=O)O)C(=O)C1CCc2ccsc2C1. The lowest BCUT2D eigenvalue weighted by molar-refractivity contribution is -0.153. The van der Waals surface area contributed by atoms with E-state index in [4.69, 9.17) is 10.2 Å². The van der Waals surface area contributed by atoms with Crippen molar-refractivity contribution in [3.05, 3.63) is 21.9 Å². The van der Waals surface area contributed by atoms with Gasteiger partial charge in [-0.1, -0.05) is 0 Å². The van der Waals surface area contributed by atoms with E-state index in [1.165, 1.54) is 5.56 Å². The molecule has 0 bridgehead atoms. The van der Waals surface area contributed by atoms with Gasteiger partial charge in [0, 0.05) is 10.8 Å². The van der Waals surface area contributed by atoms with Crippen LogP contribution in [0.15, 0.2) is 11.4 Å². The Morgan fingerprint density at radius 1 is 1.37 bits per heavy atom. The number of thiophene rings is 1. The van der Waals surface area contributed by atoms with E-state index in [1.54, 1.807) is 11.3 Å². The standard InChI is InChI=1S/C13H14O5S/c14-11(15)6-9(13(17)18)12(16)8-2-1-7-3-4-19-10(7)5-8/h3-4,8-9H,1-2,5-6H2,(H,14,15)(H,17,18). The van der Waals surface area contributed by atoms with Crippen molar-refractivity contribution in [2.24, 2.45) is 11.8 Å². The van der Waals surface area contributed by atoms with Crippen molar-refractivity contribution >= 4 is 29.1 Å². The van der Waals surface area contributed by atoms with Gasteiger partial charge in [-0.25, -0.2) is 0 Å². The molecule has 2 atom stereocenters. The third-order valence-electron chi connectivity index (χ3n) is 3.45. The van der Waals surface area contributed by atoms with Gasteiger partial charge in [-0.2, -0.15) is 0 Å². The molecule has 0 saturated carbocycles. The number of hydrogen-bond donors (Lipinski definition) is 2. The molecule has 0 amide bonds. The smallest absolute Gasteiger partial charge is 0.314 e. The molecule has 102 valence electrons. The number of rotatable bonds is 5. The summed E-state index contributed by atoms with van der Waals surface area (Å²) in [5.74, 6) is -4.85. The fraction of sp³-hybridized carbons (Fsp3) is 0.462. The Hall–Kier alpha value is -1.69. The predicted octanol–water partition coefficient (Wildman–Crippen LogP) is 1.60. The second-order valence-electron chi connectivity index (χ2n) is 4.70. The van der Waals surface area contributed by atoms with Crippen molar-refractivity contribution in [2.75, 3.05) is 0 Å². The highest BCUT2D eigenvalue weighted by Gasteiger charge is 2.35. The van der Waals surface area contributed by atoms with Crippen LogP contribution in [0.2, 0.25) is 0 Å². The van der Waals surface area contributed by atoms with E-state index in [0.717, 1.165) is 11.3 Å². The van der Waals surface area contributed by atoms with Crippen LogP contribution < -0.4 is 0 Å². The van der Waals surface area contributed by atoms with Crippen LogP contribution in [-0.4, -0.2) is 27.9 Å². The van der Waals surface area contributed by atoms with Gasteiger partial charge in [0.25, 0.3) is 0 Å². The maximum absolute atomic E-state index is 12.2. The van der Waals surface area contributed by atoms with Gasteiger partial charge < -0.3 is 10.2 Å². The molecule has 1 aliphatic rings. The zero-order valence-electron chi connectivity index (χ0n) is 10.2. The van der Waals surface area contributed by atoms with Crippen molar-refractivity contribution in [3.63, 3.8) is 0 Å².